The lowest BCUT2D eigenvalue weighted by atomic mass is 9.43. The third-order valence-corrected chi connectivity index (χ3v) is 6.39. The Labute approximate surface area is 128 Å². The third kappa shape index (κ3) is 2.15. The highest BCUT2D eigenvalue weighted by molar-refractivity contribution is 7.16. The van der Waals surface area contributed by atoms with Crippen LogP contribution in [0.1, 0.15) is 62.2 Å². The second-order valence-corrected chi connectivity index (χ2v) is 9.32. The Morgan fingerprint density at radius 2 is 1.86 bits per heavy atom. The van der Waals surface area contributed by atoms with Crippen molar-refractivity contribution < 1.29 is 4.79 Å². The Balaban J connectivity index is 1.61. The van der Waals surface area contributed by atoms with Gasteiger partial charge in [0.25, 0.3) is 5.91 Å². The lowest BCUT2D eigenvalue weighted by Gasteiger charge is -2.65. The number of rotatable bonds is 2. The Morgan fingerprint density at radius 1 is 1.19 bits per heavy atom. The van der Waals surface area contributed by atoms with Gasteiger partial charge in [-0.2, -0.15) is 0 Å². The van der Waals surface area contributed by atoms with Crippen LogP contribution in [0.3, 0.4) is 0 Å². The van der Waals surface area contributed by atoms with Gasteiger partial charge in [0.15, 0.2) is 0 Å². The number of nitrogens with two attached hydrogens (primary N) is 1. The zero-order valence-corrected chi connectivity index (χ0v) is 13.4. The van der Waals surface area contributed by atoms with Crippen molar-refractivity contribution in [2.75, 3.05) is 5.73 Å². The van der Waals surface area contributed by atoms with Gasteiger partial charge in [-0.1, -0.05) is 25.2 Å². The Hall–Kier alpha value is -1.17. The summed E-state index contributed by atoms with van der Waals surface area (Å²) in [7, 11) is 0. The van der Waals surface area contributed by atoms with E-state index < -0.39 is 0 Å². The number of carbonyl (C=O) groups is 1. The lowest BCUT2D eigenvalue weighted by Crippen LogP contribution is -2.65. The Kier molecular flexibility index (Phi) is 2.55. The summed E-state index contributed by atoms with van der Waals surface area (Å²) in [6, 6.07) is 0. The standard InChI is InChI=1S/C15H22N4OS/c1-13-3-9-4-14(2,6-13)8-15(5-9,7-13)17-10(20)11-18-19-12(16)21-11/h9H,3-8H2,1-2H3,(H2,16,19)(H,17,20). The average Bonchev–Trinajstić information content (AvgIpc) is 2.70. The molecule has 21 heavy (non-hydrogen) atoms. The SMILES string of the molecule is CC12CC3CC(C)(C1)CC(NC(=O)c1nnc(N)s1)(C3)C2. The number of anilines is 1. The number of carbonyl (C=O) groups excluding carboxylic acids is 1. The summed E-state index contributed by atoms with van der Waals surface area (Å²) in [4.78, 5) is 12.5. The van der Waals surface area contributed by atoms with Crippen molar-refractivity contribution in [1.82, 2.24) is 15.5 Å². The minimum atomic E-state index is -0.0987. The van der Waals surface area contributed by atoms with Gasteiger partial charge >= 0.3 is 0 Å². The van der Waals surface area contributed by atoms with E-state index in [1.807, 2.05) is 0 Å². The van der Waals surface area contributed by atoms with Crippen LogP contribution in [0.4, 0.5) is 5.13 Å². The van der Waals surface area contributed by atoms with E-state index in [1.54, 1.807) is 0 Å². The van der Waals surface area contributed by atoms with Crippen LogP contribution in [0.15, 0.2) is 0 Å². The highest BCUT2D eigenvalue weighted by Crippen LogP contribution is 2.66. The zero-order valence-electron chi connectivity index (χ0n) is 12.6. The van der Waals surface area contributed by atoms with Crippen LogP contribution >= 0.6 is 11.3 Å². The first-order chi connectivity index (χ1) is 9.79. The fourth-order valence-corrected chi connectivity index (χ4v) is 6.71. The predicted octanol–water partition coefficient (Wildman–Crippen LogP) is 2.60. The van der Waals surface area contributed by atoms with E-state index in [2.05, 4.69) is 29.4 Å². The number of amides is 1. The van der Waals surface area contributed by atoms with Crippen molar-refractivity contribution in [3.63, 3.8) is 0 Å². The molecule has 1 aromatic heterocycles. The molecule has 5 nitrogen and oxygen atoms in total. The normalized spacial score (nSPS) is 44.0. The highest BCUT2D eigenvalue weighted by Gasteiger charge is 2.60. The zero-order chi connectivity index (χ0) is 14.9. The molecule has 0 aromatic carbocycles. The summed E-state index contributed by atoms with van der Waals surface area (Å²) in [6.07, 6.45) is 7.29. The largest absolute Gasteiger partial charge is 0.374 e. The summed E-state index contributed by atoms with van der Waals surface area (Å²) in [5, 5.41) is 11.7. The van der Waals surface area contributed by atoms with Gasteiger partial charge in [0.1, 0.15) is 0 Å². The van der Waals surface area contributed by atoms with E-state index in [9.17, 15) is 4.79 Å². The third-order valence-electron chi connectivity index (χ3n) is 5.64. The van der Waals surface area contributed by atoms with Crippen molar-refractivity contribution in [3.8, 4) is 0 Å². The fourth-order valence-electron chi connectivity index (χ4n) is 6.21. The van der Waals surface area contributed by atoms with Crippen molar-refractivity contribution in [2.24, 2.45) is 16.7 Å². The monoisotopic (exact) mass is 306 g/mol. The summed E-state index contributed by atoms with van der Waals surface area (Å²) < 4.78 is 0. The van der Waals surface area contributed by atoms with Crippen molar-refractivity contribution >= 4 is 22.4 Å². The first-order valence-electron chi connectivity index (χ1n) is 7.70. The number of nitrogen functional groups attached to an aromatic ring is 1. The molecule has 6 heteroatoms. The fraction of sp³-hybridized carbons (Fsp3) is 0.800. The van der Waals surface area contributed by atoms with Crippen LogP contribution in [0.25, 0.3) is 0 Å². The molecule has 4 aliphatic rings. The minimum absolute atomic E-state index is 0.0412. The second-order valence-electron chi connectivity index (χ2n) is 8.31. The summed E-state index contributed by atoms with van der Waals surface area (Å²) >= 11 is 1.17. The van der Waals surface area contributed by atoms with Gasteiger partial charge < -0.3 is 11.1 Å². The molecule has 4 aliphatic carbocycles. The van der Waals surface area contributed by atoms with Gasteiger partial charge in [0.05, 0.1) is 0 Å². The first kappa shape index (κ1) is 13.5. The lowest BCUT2D eigenvalue weighted by molar-refractivity contribution is -0.114. The van der Waals surface area contributed by atoms with Gasteiger partial charge in [0, 0.05) is 5.54 Å². The van der Waals surface area contributed by atoms with Gasteiger partial charge in [-0.05, 0) is 55.3 Å². The molecule has 114 valence electrons. The second kappa shape index (κ2) is 3.97. The van der Waals surface area contributed by atoms with E-state index in [1.165, 1.54) is 30.6 Å². The van der Waals surface area contributed by atoms with Gasteiger partial charge in [0.2, 0.25) is 10.1 Å². The van der Waals surface area contributed by atoms with Crippen molar-refractivity contribution in [2.45, 2.75) is 57.9 Å². The number of hydrogen-bond acceptors (Lipinski definition) is 5. The molecule has 1 aromatic rings. The maximum absolute atomic E-state index is 12.5. The molecule has 1 heterocycles. The molecule has 0 spiro atoms. The van der Waals surface area contributed by atoms with Gasteiger partial charge in [-0.15, -0.1) is 10.2 Å². The molecule has 0 aliphatic heterocycles. The number of nitrogens with one attached hydrogen (secondary N) is 1. The molecule has 2 atom stereocenters. The maximum Gasteiger partial charge on any atom is 0.282 e. The topological polar surface area (TPSA) is 80.9 Å². The summed E-state index contributed by atoms with van der Waals surface area (Å²) in [6.45, 7) is 4.80. The Bertz CT molecular complexity index is 595. The molecule has 1 amide bonds. The molecule has 3 N–H and O–H groups in total. The molecular weight excluding hydrogens is 284 g/mol. The smallest absolute Gasteiger partial charge is 0.282 e. The average molecular weight is 306 g/mol. The predicted molar refractivity (Wildman–Crippen MR) is 81.9 cm³/mol. The van der Waals surface area contributed by atoms with E-state index in [-0.39, 0.29) is 11.4 Å². The Morgan fingerprint density at radius 3 is 2.38 bits per heavy atom. The molecule has 4 saturated carbocycles. The molecule has 4 fully saturated rings. The molecule has 2 unspecified atom stereocenters. The van der Waals surface area contributed by atoms with Crippen LogP contribution in [0.2, 0.25) is 0 Å². The summed E-state index contributed by atoms with van der Waals surface area (Å²) in [5.41, 5.74) is 6.32. The molecule has 5 rings (SSSR count). The van der Waals surface area contributed by atoms with E-state index >= 15 is 0 Å². The van der Waals surface area contributed by atoms with Crippen LogP contribution in [0, 0.1) is 16.7 Å². The van der Waals surface area contributed by atoms with E-state index in [0.717, 1.165) is 25.2 Å². The quantitative estimate of drug-likeness (QED) is 0.880. The van der Waals surface area contributed by atoms with Crippen LogP contribution < -0.4 is 11.1 Å². The van der Waals surface area contributed by atoms with Crippen LogP contribution in [-0.2, 0) is 0 Å². The van der Waals surface area contributed by atoms with Gasteiger partial charge in [-0.25, -0.2) is 0 Å². The van der Waals surface area contributed by atoms with Crippen LogP contribution in [-0.4, -0.2) is 21.6 Å². The van der Waals surface area contributed by atoms with Crippen molar-refractivity contribution in [1.29, 1.82) is 0 Å². The van der Waals surface area contributed by atoms with Crippen LogP contribution in [0.5, 0.6) is 0 Å². The molecule has 0 saturated heterocycles. The molecule has 0 radical (unpaired) electrons. The highest BCUT2D eigenvalue weighted by atomic mass is 32.1. The van der Waals surface area contributed by atoms with Crippen molar-refractivity contribution in [3.05, 3.63) is 5.01 Å². The molecular formula is C15H22N4OS. The maximum atomic E-state index is 12.5. The van der Waals surface area contributed by atoms with E-state index in [4.69, 9.17) is 5.73 Å². The number of aromatic nitrogens is 2. The number of hydrogen-bond donors (Lipinski definition) is 2. The number of nitrogens with zero attached hydrogens (tertiary/aromatic N) is 2. The van der Waals surface area contributed by atoms with Gasteiger partial charge in [-0.3, -0.25) is 4.79 Å². The summed E-state index contributed by atoms with van der Waals surface area (Å²) in [5.74, 6) is 0.661. The van der Waals surface area contributed by atoms with E-state index in [0.29, 0.717) is 21.0 Å². The first-order valence-corrected chi connectivity index (χ1v) is 8.52. The molecule has 4 bridgehead atoms. The minimum Gasteiger partial charge on any atom is -0.374 e.